The minimum absolute atomic E-state index is 0.0752. The van der Waals surface area contributed by atoms with Gasteiger partial charge in [0.15, 0.2) is 5.75 Å². The summed E-state index contributed by atoms with van der Waals surface area (Å²) in [5.74, 6) is -0.612. The Labute approximate surface area is 297 Å². The Hall–Kier alpha value is -5.60. The lowest BCUT2D eigenvalue weighted by Crippen LogP contribution is -2.46. The molecule has 6 aromatic rings. The molecular formula is C38H39F3N6O5. The number of aliphatic carboxylic acids is 1. The van der Waals surface area contributed by atoms with Gasteiger partial charge in [0.1, 0.15) is 16.8 Å². The molecular weight excluding hydrogens is 677 g/mol. The molecule has 1 aliphatic heterocycles. The highest BCUT2D eigenvalue weighted by Crippen LogP contribution is 2.42. The molecule has 52 heavy (non-hydrogen) atoms. The zero-order valence-electron chi connectivity index (χ0n) is 28.9. The van der Waals surface area contributed by atoms with Crippen LogP contribution in [0.4, 0.5) is 19.1 Å². The molecule has 1 aliphatic rings. The molecule has 0 amide bonds. The number of anilines is 1. The van der Waals surface area contributed by atoms with Crippen molar-refractivity contribution in [3.63, 3.8) is 0 Å². The number of carbonyl (C=O) groups is 1. The van der Waals surface area contributed by atoms with Gasteiger partial charge in [-0.25, -0.2) is 9.78 Å². The van der Waals surface area contributed by atoms with Gasteiger partial charge < -0.3 is 34.0 Å². The predicted molar refractivity (Wildman–Crippen MR) is 193 cm³/mol. The molecule has 272 valence electrons. The molecule has 7 rings (SSSR count). The van der Waals surface area contributed by atoms with E-state index in [9.17, 15) is 18.0 Å². The zero-order chi connectivity index (χ0) is 37.0. The third-order valence-electron chi connectivity index (χ3n) is 8.69. The van der Waals surface area contributed by atoms with Crippen LogP contribution >= 0.6 is 0 Å². The number of halogens is 3. The largest absolute Gasteiger partial charge is 0.490 e. The van der Waals surface area contributed by atoms with Gasteiger partial charge in [0, 0.05) is 68.7 Å². The summed E-state index contributed by atoms with van der Waals surface area (Å²) >= 11 is 0. The molecule has 0 radical (unpaired) electrons. The standard InChI is InChI=1S/C36H38N6O3.C2HF3O2/c1-24-21-41(22-25(2)44-24)18-19-42-31-15-14-29(30-23-40(3)35(43)32-28(30)16-17-37-32)34(45-27-12-8-5-9-13-27)33(31)39-36(42)38-20-26-10-6-4-7-11-26;3-2(4,5)1(6)7/h4-17,23-25,37H,18-22H2,1-3H3,(H,38,39);(H,6,7)/t24-,25+;. The van der Waals surface area contributed by atoms with Gasteiger partial charge in [-0.15, -0.1) is 0 Å². The van der Waals surface area contributed by atoms with E-state index in [0.717, 1.165) is 59.7 Å². The van der Waals surface area contributed by atoms with Crippen molar-refractivity contribution in [2.24, 2.45) is 7.05 Å². The number of pyridine rings is 1. The number of fused-ring (bicyclic) bond motifs is 2. The van der Waals surface area contributed by atoms with E-state index in [0.29, 0.717) is 23.6 Å². The fraction of sp³-hybridized carbons (Fsp3) is 0.289. The van der Waals surface area contributed by atoms with Crippen molar-refractivity contribution < 1.29 is 32.5 Å². The molecule has 0 unspecified atom stereocenters. The molecule has 2 atom stereocenters. The van der Waals surface area contributed by atoms with Crippen molar-refractivity contribution in [3.8, 4) is 22.6 Å². The third kappa shape index (κ3) is 8.13. The van der Waals surface area contributed by atoms with Gasteiger partial charge in [-0.3, -0.25) is 9.69 Å². The van der Waals surface area contributed by atoms with Crippen LogP contribution in [0.5, 0.6) is 11.5 Å². The average Bonchev–Trinajstić information content (AvgIpc) is 3.74. The quantitative estimate of drug-likeness (QED) is 0.146. The molecule has 1 fully saturated rings. The second-order valence-corrected chi connectivity index (χ2v) is 12.7. The number of hydrogen-bond donors (Lipinski definition) is 3. The van der Waals surface area contributed by atoms with E-state index in [1.807, 2.05) is 60.8 Å². The number of nitrogens with one attached hydrogen (secondary N) is 2. The summed E-state index contributed by atoms with van der Waals surface area (Å²) < 4.78 is 48.3. The topological polar surface area (TPSA) is 127 Å². The number of imidazole rings is 1. The van der Waals surface area contributed by atoms with Crippen LogP contribution in [-0.2, 0) is 29.7 Å². The Bertz CT molecular complexity index is 2210. The second kappa shape index (κ2) is 15.3. The van der Waals surface area contributed by atoms with Crippen molar-refractivity contribution >= 4 is 33.9 Å². The maximum Gasteiger partial charge on any atom is 0.490 e. The number of aromatic nitrogens is 4. The Morgan fingerprint density at radius 3 is 2.29 bits per heavy atom. The molecule has 1 saturated heterocycles. The van der Waals surface area contributed by atoms with E-state index in [-0.39, 0.29) is 17.8 Å². The van der Waals surface area contributed by atoms with Crippen LogP contribution in [0.1, 0.15) is 19.4 Å². The lowest BCUT2D eigenvalue weighted by Gasteiger charge is -2.35. The van der Waals surface area contributed by atoms with Gasteiger partial charge in [-0.05, 0) is 49.7 Å². The molecule has 3 aromatic carbocycles. The molecule has 0 aliphatic carbocycles. The first kappa shape index (κ1) is 36.2. The Morgan fingerprint density at radius 2 is 1.63 bits per heavy atom. The SMILES string of the molecule is C[C@@H]1CN(CCn2c(NCc3ccccc3)nc3c(Oc4ccccc4)c(-c4cn(C)c(=O)c5[nH]ccc45)ccc32)C[C@H](C)O1.O=C(O)C(F)(F)F. The number of rotatable bonds is 9. The van der Waals surface area contributed by atoms with Crippen LogP contribution < -0.4 is 15.6 Å². The molecule has 0 saturated carbocycles. The lowest BCUT2D eigenvalue weighted by atomic mass is 10.0. The zero-order valence-corrected chi connectivity index (χ0v) is 28.9. The first-order chi connectivity index (χ1) is 24.9. The minimum Gasteiger partial charge on any atom is -0.475 e. The van der Waals surface area contributed by atoms with E-state index in [2.05, 4.69) is 57.9 Å². The van der Waals surface area contributed by atoms with E-state index in [1.54, 1.807) is 17.8 Å². The summed E-state index contributed by atoms with van der Waals surface area (Å²) in [5.41, 5.74) is 5.15. The van der Waals surface area contributed by atoms with E-state index >= 15 is 0 Å². The molecule has 0 bridgehead atoms. The van der Waals surface area contributed by atoms with Crippen molar-refractivity contribution in [2.75, 3.05) is 25.0 Å². The maximum absolute atomic E-state index is 12.9. The molecule has 3 N–H and O–H groups in total. The van der Waals surface area contributed by atoms with Crippen LogP contribution in [0.15, 0.2) is 96.1 Å². The van der Waals surface area contributed by atoms with Gasteiger partial charge in [-0.1, -0.05) is 48.5 Å². The Kier molecular flexibility index (Phi) is 10.7. The number of carboxylic acid groups (broad SMARTS) is 1. The normalized spacial score (nSPS) is 16.4. The van der Waals surface area contributed by atoms with Crippen molar-refractivity contribution in [1.82, 2.24) is 24.0 Å². The van der Waals surface area contributed by atoms with E-state index < -0.39 is 12.1 Å². The number of ether oxygens (including phenoxy) is 2. The monoisotopic (exact) mass is 716 g/mol. The Morgan fingerprint density at radius 1 is 0.981 bits per heavy atom. The molecule has 4 heterocycles. The van der Waals surface area contributed by atoms with Gasteiger partial charge in [0.25, 0.3) is 5.56 Å². The van der Waals surface area contributed by atoms with Crippen LogP contribution in [0, 0.1) is 0 Å². The number of H-pyrrole nitrogens is 1. The highest BCUT2D eigenvalue weighted by atomic mass is 19.4. The number of benzene rings is 3. The van der Waals surface area contributed by atoms with Gasteiger partial charge in [0.05, 0.1) is 17.7 Å². The molecule has 14 heteroatoms. The van der Waals surface area contributed by atoms with Crippen molar-refractivity contribution in [1.29, 1.82) is 0 Å². The summed E-state index contributed by atoms with van der Waals surface area (Å²) in [5, 5.41) is 11.6. The number of hydrogen-bond acceptors (Lipinski definition) is 7. The summed E-state index contributed by atoms with van der Waals surface area (Å²) in [6, 6.07) is 26.3. The number of aromatic amines is 1. The summed E-state index contributed by atoms with van der Waals surface area (Å²) in [7, 11) is 1.77. The Balaban J connectivity index is 0.000000604. The highest BCUT2D eigenvalue weighted by molar-refractivity contribution is 6.00. The number of nitrogens with zero attached hydrogens (tertiary/aromatic N) is 4. The minimum atomic E-state index is -5.08. The van der Waals surface area contributed by atoms with Gasteiger partial charge in [0.2, 0.25) is 5.95 Å². The second-order valence-electron chi connectivity index (χ2n) is 12.7. The van der Waals surface area contributed by atoms with E-state index in [1.165, 1.54) is 5.56 Å². The summed E-state index contributed by atoms with van der Waals surface area (Å²) in [6.45, 7) is 8.33. The van der Waals surface area contributed by atoms with Gasteiger partial charge >= 0.3 is 12.1 Å². The smallest absolute Gasteiger partial charge is 0.475 e. The van der Waals surface area contributed by atoms with Crippen LogP contribution in [-0.4, -0.2) is 73.1 Å². The van der Waals surface area contributed by atoms with Crippen LogP contribution in [0.3, 0.4) is 0 Å². The molecule has 11 nitrogen and oxygen atoms in total. The van der Waals surface area contributed by atoms with Crippen LogP contribution in [0.25, 0.3) is 33.1 Å². The van der Waals surface area contributed by atoms with Crippen molar-refractivity contribution in [2.45, 2.75) is 45.3 Å². The number of morpholine rings is 1. The number of para-hydroxylation sites is 1. The molecule has 0 spiro atoms. The van der Waals surface area contributed by atoms with Crippen LogP contribution in [0.2, 0.25) is 0 Å². The maximum atomic E-state index is 12.9. The number of alkyl halides is 3. The van der Waals surface area contributed by atoms with E-state index in [4.69, 9.17) is 24.4 Å². The third-order valence-corrected chi connectivity index (χ3v) is 8.69. The fourth-order valence-electron chi connectivity index (χ4n) is 6.42. The average molecular weight is 717 g/mol. The number of carboxylic acids is 1. The summed E-state index contributed by atoms with van der Waals surface area (Å²) in [6.07, 6.45) is -1.00. The predicted octanol–water partition coefficient (Wildman–Crippen LogP) is 7.03. The highest BCUT2D eigenvalue weighted by Gasteiger charge is 2.38. The molecule has 3 aromatic heterocycles. The lowest BCUT2D eigenvalue weighted by molar-refractivity contribution is -0.192. The number of aryl methyl sites for hydroxylation is 1. The van der Waals surface area contributed by atoms with Gasteiger partial charge in [-0.2, -0.15) is 13.2 Å². The van der Waals surface area contributed by atoms with Crippen molar-refractivity contribution in [3.05, 3.63) is 107 Å². The summed E-state index contributed by atoms with van der Waals surface area (Å²) in [4.78, 5) is 32.6. The first-order valence-corrected chi connectivity index (χ1v) is 16.8. The first-order valence-electron chi connectivity index (χ1n) is 16.8. The fourth-order valence-corrected chi connectivity index (χ4v) is 6.42.